The zero-order valence-corrected chi connectivity index (χ0v) is 11.5. The number of para-hydroxylation sites is 1. The Kier molecular flexibility index (Phi) is 4.29. The van der Waals surface area contributed by atoms with E-state index in [4.69, 9.17) is 0 Å². The summed E-state index contributed by atoms with van der Waals surface area (Å²) in [6.07, 6.45) is 1.10. The van der Waals surface area contributed by atoms with Crippen molar-refractivity contribution in [3.05, 3.63) is 70.3 Å². The maximum atomic E-state index is 11.9. The molecule has 0 radical (unpaired) electrons. The van der Waals surface area contributed by atoms with Crippen molar-refractivity contribution in [3.8, 4) is 0 Å². The lowest BCUT2D eigenvalue weighted by Gasteiger charge is -2.02. The van der Waals surface area contributed by atoms with Gasteiger partial charge >= 0.3 is 0 Å². The second-order valence-corrected chi connectivity index (χ2v) is 5.64. The third kappa shape index (κ3) is 3.63. The van der Waals surface area contributed by atoms with Crippen LogP contribution in [0.3, 0.4) is 0 Å². The van der Waals surface area contributed by atoms with Gasteiger partial charge in [0.05, 0.1) is 21.6 Å². The van der Waals surface area contributed by atoms with E-state index >= 15 is 0 Å². The van der Waals surface area contributed by atoms with Crippen LogP contribution in [0.25, 0.3) is 0 Å². The molecule has 0 heterocycles. The minimum absolute atomic E-state index is 0.0599. The zero-order valence-electron chi connectivity index (χ0n) is 10.7. The minimum atomic E-state index is -3.78. The molecule has 2 rings (SSSR count). The van der Waals surface area contributed by atoms with Gasteiger partial charge in [-0.3, -0.25) is 10.1 Å². The molecular weight excluding hydrogens is 294 g/mol. The third-order valence-corrected chi connectivity index (χ3v) is 3.80. The van der Waals surface area contributed by atoms with E-state index in [1.165, 1.54) is 30.3 Å². The molecule has 0 spiro atoms. The van der Waals surface area contributed by atoms with Crippen LogP contribution >= 0.6 is 0 Å². The lowest BCUT2D eigenvalue weighted by Crippen LogP contribution is -2.18. The standard InChI is InChI=1S/C13H11N3O4S/c17-16(18)13-9-5-4-6-11(13)10-14-15-21(19,20)12-7-2-1-3-8-12/h1-10,15H/b14-10+. The molecule has 0 aliphatic heterocycles. The van der Waals surface area contributed by atoms with Crippen LogP contribution in [0.1, 0.15) is 5.56 Å². The van der Waals surface area contributed by atoms with Gasteiger partial charge in [-0.1, -0.05) is 30.3 Å². The van der Waals surface area contributed by atoms with Crippen LogP contribution in [0.5, 0.6) is 0 Å². The number of nitrogens with one attached hydrogen (secondary N) is 1. The van der Waals surface area contributed by atoms with E-state index < -0.39 is 14.9 Å². The molecule has 0 aliphatic rings. The Morgan fingerprint density at radius 1 is 1.05 bits per heavy atom. The van der Waals surface area contributed by atoms with Gasteiger partial charge in [-0.2, -0.15) is 13.5 Å². The van der Waals surface area contributed by atoms with Gasteiger partial charge in [0.1, 0.15) is 0 Å². The van der Waals surface area contributed by atoms with Gasteiger partial charge < -0.3 is 0 Å². The van der Waals surface area contributed by atoms with Crippen molar-refractivity contribution >= 4 is 21.9 Å². The molecule has 8 heteroatoms. The Labute approximate surface area is 121 Å². The molecule has 1 N–H and O–H groups in total. The number of nitrogens with zero attached hydrogens (tertiary/aromatic N) is 2. The molecule has 0 aliphatic carbocycles. The molecule has 7 nitrogen and oxygen atoms in total. The molecular formula is C13H11N3O4S. The summed E-state index contributed by atoms with van der Waals surface area (Å²) in [5.74, 6) is 0. The number of hydrazone groups is 1. The summed E-state index contributed by atoms with van der Waals surface area (Å²) in [6.45, 7) is 0. The number of nitro groups is 1. The van der Waals surface area contributed by atoms with Gasteiger partial charge in [0, 0.05) is 6.07 Å². The lowest BCUT2D eigenvalue weighted by molar-refractivity contribution is -0.385. The van der Waals surface area contributed by atoms with Gasteiger partial charge in [-0.25, -0.2) is 4.83 Å². The number of nitro benzene ring substituents is 1. The molecule has 0 aromatic heterocycles. The summed E-state index contributed by atoms with van der Waals surface area (Å²) in [7, 11) is -3.78. The van der Waals surface area contributed by atoms with Crippen molar-refractivity contribution in [2.75, 3.05) is 0 Å². The van der Waals surface area contributed by atoms with Crippen molar-refractivity contribution in [2.24, 2.45) is 5.10 Å². The van der Waals surface area contributed by atoms with Gasteiger partial charge in [0.2, 0.25) is 0 Å². The Morgan fingerprint density at radius 2 is 1.67 bits per heavy atom. The second-order valence-electron chi connectivity index (χ2n) is 3.98. The summed E-state index contributed by atoms with van der Waals surface area (Å²) >= 11 is 0. The second kappa shape index (κ2) is 6.14. The van der Waals surface area contributed by atoms with E-state index in [1.807, 2.05) is 4.83 Å². The summed E-state index contributed by atoms with van der Waals surface area (Å²) in [5.41, 5.74) is 0.0541. The maximum absolute atomic E-state index is 11.9. The van der Waals surface area contributed by atoms with Crippen LogP contribution in [0.15, 0.2) is 64.6 Å². The fourth-order valence-corrected chi connectivity index (χ4v) is 2.39. The van der Waals surface area contributed by atoms with Crippen LogP contribution in [-0.2, 0) is 10.0 Å². The third-order valence-electron chi connectivity index (χ3n) is 2.56. The number of hydrogen-bond acceptors (Lipinski definition) is 5. The predicted octanol–water partition coefficient (Wildman–Crippen LogP) is 1.91. The van der Waals surface area contributed by atoms with Crippen molar-refractivity contribution in [3.63, 3.8) is 0 Å². The van der Waals surface area contributed by atoms with E-state index in [1.54, 1.807) is 24.3 Å². The number of hydrogen-bond donors (Lipinski definition) is 1. The van der Waals surface area contributed by atoms with Gasteiger partial charge in [-0.05, 0) is 18.2 Å². The highest BCUT2D eigenvalue weighted by atomic mass is 32.2. The van der Waals surface area contributed by atoms with Crippen LogP contribution in [-0.4, -0.2) is 19.6 Å². The van der Waals surface area contributed by atoms with E-state index in [0.29, 0.717) is 0 Å². The highest BCUT2D eigenvalue weighted by Crippen LogP contribution is 2.15. The van der Waals surface area contributed by atoms with E-state index in [2.05, 4.69) is 5.10 Å². The molecule has 0 saturated heterocycles. The van der Waals surface area contributed by atoms with Gasteiger partial charge in [0.15, 0.2) is 0 Å². The first-order valence-electron chi connectivity index (χ1n) is 5.84. The molecule has 0 saturated carbocycles. The predicted molar refractivity (Wildman–Crippen MR) is 77.5 cm³/mol. The Hall–Kier alpha value is -2.74. The molecule has 2 aromatic carbocycles. The Bertz CT molecular complexity index is 773. The number of sulfonamides is 1. The SMILES string of the molecule is O=[N+]([O-])c1ccccc1/C=N/NS(=O)(=O)c1ccccc1. The van der Waals surface area contributed by atoms with Gasteiger partial charge in [-0.15, -0.1) is 0 Å². The van der Waals surface area contributed by atoms with Crippen molar-refractivity contribution in [1.82, 2.24) is 4.83 Å². The first-order valence-corrected chi connectivity index (χ1v) is 7.32. The van der Waals surface area contributed by atoms with Crippen molar-refractivity contribution < 1.29 is 13.3 Å². The zero-order chi connectivity index (χ0) is 15.3. The fraction of sp³-hybridized carbons (Fsp3) is 0. The average Bonchev–Trinajstić information content (AvgIpc) is 2.48. The number of benzene rings is 2. The summed E-state index contributed by atoms with van der Waals surface area (Å²) in [5, 5.41) is 14.4. The Morgan fingerprint density at radius 3 is 2.33 bits per heavy atom. The first-order chi connectivity index (χ1) is 10.0. The van der Waals surface area contributed by atoms with E-state index in [-0.39, 0.29) is 16.1 Å². The average molecular weight is 305 g/mol. The molecule has 2 aromatic rings. The summed E-state index contributed by atoms with van der Waals surface area (Å²) in [6, 6.07) is 13.6. The molecule has 0 amide bonds. The smallest absolute Gasteiger partial charge is 0.258 e. The molecule has 0 bridgehead atoms. The summed E-state index contributed by atoms with van der Waals surface area (Å²) < 4.78 is 23.8. The topological polar surface area (TPSA) is 102 Å². The molecule has 0 fully saturated rings. The highest BCUT2D eigenvalue weighted by molar-refractivity contribution is 7.89. The van der Waals surface area contributed by atoms with Crippen LogP contribution in [0.4, 0.5) is 5.69 Å². The maximum Gasteiger partial charge on any atom is 0.278 e. The monoisotopic (exact) mass is 305 g/mol. The van der Waals surface area contributed by atoms with Crippen molar-refractivity contribution in [2.45, 2.75) is 4.90 Å². The largest absolute Gasteiger partial charge is 0.278 e. The lowest BCUT2D eigenvalue weighted by atomic mass is 10.2. The highest BCUT2D eigenvalue weighted by Gasteiger charge is 2.13. The van der Waals surface area contributed by atoms with Crippen LogP contribution in [0, 0.1) is 10.1 Å². The van der Waals surface area contributed by atoms with Gasteiger partial charge in [0.25, 0.3) is 15.7 Å². The molecule has 21 heavy (non-hydrogen) atoms. The van der Waals surface area contributed by atoms with E-state index in [9.17, 15) is 18.5 Å². The molecule has 108 valence electrons. The Balaban J connectivity index is 2.19. The normalized spacial score (nSPS) is 11.4. The molecule has 0 atom stereocenters. The fourth-order valence-electron chi connectivity index (χ4n) is 1.58. The number of rotatable bonds is 5. The van der Waals surface area contributed by atoms with Crippen LogP contribution in [0.2, 0.25) is 0 Å². The first kappa shape index (κ1) is 14.7. The van der Waals surface area contributed by atoms with Crippen molar-refractivity contribution in [1.29, 1.82) is 0 Å². The summed E-state index contributed by atoms with van der Waals surface area (Å²) in [4.78, 5) is 12.3. The quantitative estimate of drug-likeness (QED) is 0.518. The minimum Gasteiger partial charge on any atom is -0.258 e. The molecule has 0 unspecified atom stereocenters. The van der Waals surface area contributed by atoms with E-state index in [0.717, 1.165) is 6.21 Å². The van der Waals surface area contributed by atoms with Crippen LogP contribution < -0.4 is 4.83 Å².